The Balaban J connectivity index is 2.09. The molecular formula is C12H15B3N4. The van der Waals surface area contributed by atoms with Crippen LogP contribution >= 0.6 is 0 Å². The monoisotopic (exact) mass is 248 g/mol. The first-order valence-corrected chi connectivity index (χ1v) is 6.17. The molecule has 0 unspecified atom stereocenters. The summed E-state index contributed by atoms with van der Waals surface area (Å²) in [6.07, 6.45) is 1.68. The van der Waals surface area contributed by atoms with Crippen molar-refractivity contribution in [2.45, 2.75) is 5.24 Å². The Hall–Kier alpha value is -1.36. The third kappa shape index (κ3) is 3.35. The van der Waals surface area contributed by atoms with E-state index in [2.05, 4.69) is 16.5 Å². The van der Waals surface area contributed by atoms with Crippen LogP contribution in [-0.2, 0) is 0 Å². The second-order valence-corrected chi connectivity index (χ2v) is 4.75. The Morgan fingerprint density at radius 3 is 2.37 bits per heavy atom. The van der Waals surface area contributed by atoms with Gasteiger partial charge in [0.15, 0.2) is 0 Å². The average molecular weight is 248 g/mol. The highest BCUT2D eigenvalue weighted by Gasteiger charge is 2.25. The summed E-state index contributed by atoms with van der Waals surface area (Å²) in [4.78, 5) is 8.45. The maximum atomic E-state index is 5.85. The summed E-state index contributed by atoms with van der Waals surface area (Å²) in [5, 5.41) is -1.26. The van der Waals surface area contributed by atoms with Crippen LogP contribution in [0.1, 0.15) is 5.69 Å². The molecule has 1 aliphatic heterocycles. The number of hydrogen-bond donors (Lipinski definition) is 1. The van der Waals surface area contributed by atoms with Crippen LogP contribution in [0.3, 0.4) is 0 Å². The Morgan fingerprint density at radius 2 is 1.84 bits per heavy atom. The highest BCUT2D eigenvalue weighted by atomic mass is 15.3. The second kappa shape index (κ2) is 5.33. The van der Waals surface area contributed by atoms with Gasteiger partial charge in [-0.25, -0.2) is 4.98 Å². The van der Waals surface area contributed by atoms with E-state index in [0.717, 1.165) is 24.6 Å². The number of nitrogen functional groups attached to an aromatic ring is 1. The van der Waals surface area contributed by atoms with Crippen molar-refractivity contribution in [1.29, 1.82) is 0 Å². The van der Waals surface area contributed by atoms with Crippen LogP contribution in [0.2, 0.25) is 0 Å². The molecule has 0 aliphatic carbocycles. The van der Waals surface area contributed by atoms with Crippen LogP contribution in [-0.4, -0.2) is 64.8 Å². The molecule has 2 heterocycles. The zero-order valence-electron chi connectivity index (χ0n) is 10.9. The van der Waals surface area contributed by atoms with E-state index in [4.69, 9.17) is 29.3 Å². The summed E-state index contributed by atoms with van der Waals surface area (Å²) >= 11 is 0. The van der Waals surface area contributed by atoms with Gasteiger partial charge in [-0.15, -0.1) is 0 Å². The fourth-order valence-corrected chi connectivity index (χ4v) is 2.15. The predicted octanol–water partition coefficient (Wildman–Crippen LogP) is -0.454. The third-order valence-electron chi connectivity index (χ3n) is 3.21. The summed E-state index contributed by atoms with van der Waals surface area (Å²) < 4.78 is 0. The first kappa shape index (κ1) is 14.1. The highest BCUT2D eigenvalue weighted by Crippen LogP contribution is 2.20. The highest BCUT2D eigenvalue weighted by molar-refractivity contribution is 6.59. The number of piperazine rings is 1. The second-order valence-electron chi connectivity index (χ2n) is 4.75. The number of nitrogens with two attached hydrogens (primary N) is 1. The lowest BCUT2D eigenvalue weighted by Gasteiger charge is -2.44. The van der Waals surface area contributed by atoms with E-state index in [-0.39, 0.29) is 0 Å². The van der Waals surface area contributed by atoms with Crippen molar-refractivity contribution in [1.82, 2.24) is 9.88 Å². The SMILES string of the molecule is [B]C([B])([B])N1CCN(c2cc(N)cc(C=C)n2)CC1. The number of nitrogens with zero attached hydrogens (tertiary/aromatic N) is 3. The molecule has 1 fully saturated rings. The lowest BCUT2D eigenvalue weighted by molar-refractivity contribution is 0.256. The van der Waals surface area contributed by atoms with Crippen molar-refractivity contribution in [3.8, 4) is 0 Å². The number of pyridine rings is 1. The molecule has 0 bridgehead atoms. The van der Waals surface area contributed by atoms with E-state index in [1.165, 1.54) is 0 Å². The standard InChI is InChI=1S/C12H15B3N4/c1-2-10-7-9(16)8-11(17-10)18-3-5-19(6-4-18)12(13,14)15/h2,7-8H,1,3-6H2,(H2,16,17). The zero-order valence-corrected chi connectivity index (χ0v) is 10.9. The van der Waals surface area contributed by atoms with E-state index < -0.39 is 5.24 Å². The van der Waals surface area contributed by atoms with Crippen molar-refractivity contribution in [2.24, 2.45) is 0 Å². The van der Waals surface area contributed by atoms with Gasteiger partial charge in [-0.1, -0.05) is 11.8 Å². The largest absolute Gasteiger partial charge is 0.399 e. The maximum absolute atomic E-state index is 5.85. The molecule has 1 aromatic rings. The zero-order chi connectivity index (χ0) is 14.0. The van der Waals surface area contributed by atoms with Crippen LogP contribution in [0.15, 0.2) is 18.7 Å². The van der Waals surface area contributed by atoms with Gasteiger partial charge in [0.25, 0.3) is 0 Å². The fraction of sp³-hybridized carbons (Fsp3) is 0.417. The fourth-order valence-electron chi connectivity index (χ4n) is 2.15. The summed E-state index contributed by atoms with van der Waals surface area (Å²) in [7, 11) is 17.0. The molecule has 2 rings (SSSR count). The summed E-state index contributed by atoms with van der Waals surface area (Å²) in [6, 6.07) is 3.64. The van der Waals surface area contributed by atoms with E-state index in [9.17, 15) is 0 Å². The van der Waals surface area contributed by atoms with Crippen LogP contribution in [0, 0.1) is 0 Å². The molecule has 0 amide bonds. The van der Waals surface area contributed by atoms with Crippen molar-refractivity contribution < 1.29 is 0 Å². The molecule has 6 radical (unpaired) electrons. The topological polar surface area (TPSA) is 45.4 Å². The average Bonchev–Trinajstić information content (AvgIpc) is 2.37. The minimum atomic E-state index is -1.26. The first-order valence-electron chi connectivity index (χ1n) is 6.17. The molecule has 0 spiro atoms. The third-order valence-corrected chi connectivity index (χ3v) is 3.21. The van der Waals surface area contributed by atoms with Crippen molar-refractivity contribution in [2.75, 3.05) is 36.8 Å². The molecule has 1 aliphatic rings. The summed E-state index contributed by atoms with van der Waals surface area (Å²) in [6.45, 7) is 6.58. The minimum absolute atomic E-state index is 0.674. The van der Waals surface area contributed by atoms with Crippen LogP contribution < -0.4 is 10.6 Å². The van der Waals surface area contributed by atoms with Gasteiger partial charge in [0.1, 0.15) is 5.82 Å². The van der Waals surface area contributed by atoms with Crippen LogP contribution in [0.25, 0.3) is 6.08 Å². The van der Waals surface area contributed by atoms with E-state index >= 15 is 0 Å². The van der Waals surface area contributed by atoms with Gasteiger partial charge in [0, 0.05) is 37.9 Å². The summed E-state index contributed by atoms with van der Waals surface area (Å²) in [5.74, 6) is 0.839. The Bertz CT molecular complexity index is 465. The lowest BCUT2D eigenvalue weighted by Crippen LogP contribution is -2.58. The summed E-state index contributed by atoms with van der Waals surface area (Å²) in [5.41, 5.74) is 7.29. The molecule has 4 nitrogen and oxygen atoms in total. The molecule has 0 saturated carbocycles. The Labute approximate surface area is 118 Å². The van der Waals surface area contributed by atoms with E-state index in [1.54, 1.807) is 12.1 Å². The van der Waals surface area contributed by atoms with Gasteiger partial charge >= 0.3 is 0 Å². The first-order chi connectivity index (χ1) is 8.90. The van der Waals surface area contributed by atoms with Crippen molar-refractivity contribution >= 4 is 41.1 Å². The Kier molecular flexibility index (Phi) is 3.95. The lowest BCUT2D eigenvalue weighted by atomic mass is 9.48. The van der Waals surface area contributed by atoms with Gasteiger partial charge in [0.2, 0.25) is 0 Å². The van der Waals surface area contributed by atoms with Crippen molar-refractivity contribution in [3.05, 3.63) is 24.4 Å². The molecule has 1 aromatic heterocycles. The van der Waals surface area contributed by atoms with Gasteiger partial charge in [0.05, 0.1) is 29.2 Å². The van der Waals surface area contributed by atoms with Gasteiger partial charge in [-0.3, -0.25) is 0 Å². The number of aromatic nitrogens is 1. The van der Waals surface area contributed by atoms with Crippen LogP contribution in [0.4, 0.5) is 11.5 Å². The number of rotatable bonds is 3. The smallest absolute Gasteiger partial charge is 0.131 e. The van der Waals surface area contributed by atoms with Crippen molar-refractivity contribution in [3.63, 3.8) is 0 Å². The number of anilines is 2. The molecule has 2 N–H and O–H groups in total. The van der Waals surface area contributed by atoms with Gasteiger partial charge < -0.3 is 15.5 Å². The molecular weight excluding hydrogens is 233 g/mol. The van der Waals surface area contributed by atoms with E-state index in [1.807, 2.05) is 11.0 Å². The number of hydrogen-bond acceptors (Lipinski definition) is 4. The predicted molar refractivity (Wildman–Crippen MR) is 82.5 cm³/mol. The molecule has 19 heavy (non-hydrogen) atoms. The quantitative estimate of drug-likeness (QED) is 0.735. The maximum Gasteiger partial charge on any atom is 0.131 e. The molecule has 7 heteroatoms. The molecule has 0 atom stereocenters. The Morgan fingerprint density at radius 1 is 1.21 bits per heavy atom. The minimum Gasteiger partial charge on any atom is -0.399 e. The molecule has 92 valence electrons. The van der Waals surface area contributed by atoms with E-state index in [0.29, 0.717) is 18.8 Å². The molecule has 0 aromatic carbocycles. The van der Waals surface area contributed by atoms with Gasteiger partial charge in [-0.2, -0.15) is 0 Å². The van der Waals surface area contributed by atoms with Crippen LogP contribution in [0.5, 0.6) is 0 Å². The normalized spacial score (nSPS) is 17.4. The van der Waals surface area contributed by atoms with Gasteiger partial charge in [-0.05, 0) is 12.1 Å². The molecule has 1 saturated heterocycles.